The summed E-state index contributed by atoms with van der Waals surface area (Å²) in [6.45, 7) is 8.37. The van der Waals surface area contributed by atoms with Crippen LogP contribution in [0.2, 0.25) is 0 Å². The maximum Gasteiger partial charge on any atom is 0.251 e. The van der Waals surface area contributed by atoms with Gasteiger partial charge >= 0.3 is 0 Å². The van der Waals surface area contributed by atoms with Crippen LogP contribution in [0.4, 0.5) is 5.13 Å². The summed E-state index contributed by atoms with van der Waals surface area (Å²) in [7, 11) is 0. The number of hydrogen-bond donors (Lipinski definition) is 2. The van der Waals surface area contributed by atoms with E-state index in [0.717, 1.165) is 22.2 Å². The second kappa shape index (κ2) is 8.10. The molecule has 146 valence electrons. The monoisotopic (exact) mass is 395 g/mol. The lowest BCUT2D eigenvalue weighted by molar-refractivity contribution is -0.115. The number of carbonyl (C=O) groups excluding carboxylic acids is 2. The third-order valence-corrected chi connectivity index (χ3v) is 5.46. The van der Waals surface area contributed by atoms with Gasteiger partial charge in [-0.1, -0.05) is 57.2 Å². The third-order valence-electron chi connectivity index (χ3n) is 4.53. The molecule has 1 heterocycles. The molecule has 0 saturated carbocycles. The summed E-state index contributed by atoms with van der Waals surface area (Å²) in [5.74, 6) is -0.568. The van der Waals surface area contributed by atoms with Gasteiger partial charge in [0.2, 0.25) is 5.91 Å². The molecule has 0 unspecified atom stereocenters. The van der Waals surface area contributed by atoms with Crippen molar-refractivity contribution in [3.05, 3.63) is 59.2 Å². The largest absolute Gasteiger partial charge is 0.343 e. The van der Waals surface area contributed by atoms with Crippen LogP contribution in [-0.4, -0.2) is 23.3 Å². The number of rotatable bonds is 5. The Morgan fingerprint density at radius 1 is 1.07 bits per heavy atom. The first-order valence-corrected chi connectivity index (χ1v) is 10.2. The first-order chi connectivity index (χ1) is 13.3. The minimum Gasteiger partial charge on any atom is -0.343 e. The molecule has 28 heavy (non-hydrogen) atoms. The minimum atomic E-state index is -0.297. The third kappa shape index (κ3) is 4.75. The zero-order valence-corrected chi connectivity index (χ0v) is 17.4. The van der Waals surface area contributed by atoms with Crippen molar-refractivity contribution in [2.24, 2.45) is 0 Å². The van der Waals surface area contributed by atoms with Crippen molar-refractivity contribution in [1.29, 1.82) is 0 Å². The number of nitrogens with zero attached hydrogens (tertiary/aromatic N) is 1. The number of amides is 2. The molecule has 0 spiro atoms. The van der Waals surface area contributed by atoms with Crippen LogP contribution in [0.25, 0.3) is 10.2 Å². The molecular weight excluding hydrogens is 370 g/mol. The van der Waals surface area contributed by atoms with Crippen molar-refractivity contribution in [2.75, 3.05) is 11.9 Å². The molecular formula is C22H25N3O2S. The van der Waals surface area contributed by atoms with E-state index in [1.54, 1.807) is 12.1 Å². The Balaban J connectivity index is 1.57. The Labute approximate surface area is 169 Å². The summed E-state index contributed by atoms with van der Waals surface area (Å²) in [6.07, 6.45) is 0.957. The Morgan fingerprint density at radius 2 is 1.79 bits per heavy atom. The zero-order chi connectivity index (χ0) is 20.3. The van der Waals surface area contributed by atoms with E-state index in [0.29, 0.717) is 10.7 Å². The van der Waals surface area contributed by atoms with Gasteiger partial charge in [0, 0.05) is 5.56 Å². The molecule has 0 radical (unpaired) electrons. The first kappa shape index (κ1) is 20.0. The molecule has 2 amide bonds. The number of hydrogen-bond acceptors (Lipinski definition) is 4. The topological polar surface area (TPSA) is 71.1 Å². The Bertz CT molecular complexity index is 1000. The molecule has 0 saturated heterocycles. The van der Waals surface area contributed by atoms with E-state index in [1.807, 2.05) is 24.3 Å². The number of aryl methyl sites for hydroxylation is 1. The van der Waals surface area contributed by atoms with E-state index in [-0.39, 0.29) is 23.8 Å². The molecule has 3 rings (SSSR count). The van der Waals surface area contributed by atoms with Gasteiger partial charge in [-0.2, -0.15) is 0 Å². The molecule has 0 bridgehead atoms. The summed E-state index contributed by atoms with van der Waals surface area (Å²) in [5, 5.41) is 5.95. The van der Waals surface area contributed by atoms with Gasteiger partial charge in [-0.3, -0.25) is 9.59 Å². The molecule has 0 aliphatic rings. The van der Waals surface area contributed by atoms with Gasteiger partial charge in [-0.05, 0) is 47.2 Å². The molecule has 2 aromatic carbocycles. The number of anilines is 1. The summed E-state index contributed by atoms with van der Waals surface area (Å²) in [6, 6.07) is 13.6. The minimum absolute atomic E-state index is 0.0318. The van der Waals surface area contributed by atoms with E-state index < -0.39 is 0 Å². The van der Waals surface area contributed by atoms with Gasteiger partial charge < -0.3 is 10.6 Å². The molecule has 6 heteroatoms. The fourth-order valence-corrected chi connectivity index (χ4v) is 3.74. The fourth-order valence-electron chi connectivity index (χ4n) is 2.79. The summed E-state index contributed by atoms with van der Waals surface area (Å²) in [4.78, 5) is 28.9. The number of fused-ring (bicyclic) bond motifs is 1. The number of thiazole rings is 1. The molecule has 5 nitrogen and oxygen atoms in total. The highest BCUT2D eigenvalue weighted by Gasteiger charge is 2.15. The van der Waals surface area contributed by atoms with Crippen molar-refractivity contribution in [1.82, 2.24) is 10.3 Å². The van der Waals surface area contributed by atoms with Gasteiger partial charge in [0.15, 0.2) is 5.13 Å². The Hall–Kier alpha value is -2.73. The van der Waals surface area contributed by atoms with Gasteiger partial charge in [0.25, 0.3) is 5.91 Å². The molecule has 3 aromatic rings. The van der Waals surface area contributed by atoms with Crippen LogP contribution < -0.4 is 10.6 Å². The van der Waals surface area contributed by atoms with Crippen molar-refractivity contribution >= 4 is 38.5 Å². The van der Waals surface area contributed by atoms with Gasteiger partial charge in [0.1, 0.15) is 0 Å². The maximum atomic E-state index is 12.3. The lowest BCUT2D eigenvalue weighted by Crippen LogP contribution is -2.32. The van der Waals surface area contributed by atoms with E-state index in [9.17, 15) is 9.59 Å². The van der Waals surface area contributed by atoms with Crippen LogP contribution in [0.3, 0.4) is 0 Å². The standard InChI is InChI=1S/C22H25N3O2S/c1-5-14-6-11-17-18(12-14)28-21(24-17)25-19(26)13-23-20(27)15-7-9-16(10-8-15)22(2,3)4/h6-12H,5,13H2,1-4H3,(H,23,27)(H,24,25,26). The number of aromatic nitrogens is 1. The van der Waals surface area contributed by atoms with Gasteiger partial charge in [0.05, 0.1) is 16.8 Å². The quantitative estimate of drug-likeness (QED) is 0.667. The SMILES string of the molecule is CCc1ccc2nc(NC(=O)CNC(=O)c3ccc(C(C)(C)C)cc3)sc2c1. The average Bonchev–Trinajstić information content (AvgIpc) is 3.06. The van der Waals surface area contributed by atoms with E-state index in [1.165, 1.54) is 16.9 Å². The summed E-state index contributed by atoms with van der Waals surface area (Å²) in [5.41, 5.74) is 3.82. The Morgan fingerprint density at radius 3 is 2.43 bits per heavy atom. The average molecular weight is 396 g/mol. The predicted molar refractivity (Wildman–Crippen MR) is 115 cm³/mol. The molecule has 1 aromatic heterocycles. The fraction of sp³-hybridized carbons (Fsp3) is 0.318. The van der Waals surface area contributed by atoms with Crippen LogP contribution in [0.1, 0.15) is 49.2 Å². The van der Waals surface area contributed by atoms with E-state index in [2.05, 4.69) is 49.4 Å². The Kier molecular flexibility index (Phi) is 5.79. The molecule has 0 atom stereocenters. The second-order valence-corrected chi connectivity index (χ2v) is 8.76. The maximum absolute atomic E-state index is 12.3. The molecule has 0 fully saturated rings. The lowest BCUT2D eigenvalue weighted by atomic mass is 9.87. The van der Waals surface area contributed by atoms with Crippen LogP contribution in [0.5, 0.6) is 0 Å². The highest BCUT2D eigenvalue weighted by Crippen LogP contribution is 2.27. The zero-order valence-electron chi connectivity index (χ0n) is 16.6. The van der Waals surface area contributed by atoms with E-state index in [4.69, 9.17) is 0 Å². The lowest BCUT2D eigenvalue weighted by Gasteiger charge is -2.19. The smallest absolute Gasteiger partial charge is 0.251 e. The van der Waals surface area contributed by atoms with Gasteiger partial charge in [-0.15, -0.1) is 0 Å². The summed E-state index contributed by atoms with van der Waals surface area (Å²) >= 11 is 1.43. The van der Waals surface area contributed by atoms with Gasteiger partial charge in [-0.25, -0.2) is 4.98 Å². The molecule has 0 aliphatic carbocycles. The normalized spacial score (nSPS) is 11.4. The van der Waals surface area contributed by atoms with Crippen LogP contribution in [0, 0.1) is 0 Å². The van der Waals surface area contributed by atoms with E-state index >= 15 is 0 Å². The van der Waals surface area contributed by atoms with Crippen molar-refractivity contribution < 1.29 is 9.59 Å². The van der Waals surface area contributed by atoms with Crippen LogP contribution in [-0.2, 0) is 16.6 Å². The van der Waals surface area contributed by atoms with Crippen molar-refractivity contribution in [3.8, 4) is 0 Å². The second-order valence-electron chi connectivity index (χ2n) is 7.73. The highest BCUT2D eigenvalue weighted by molar-refractivity contribution is 7.22. The van der Waals surface area contributed by atoms with Crippen molar-refractivity contribution in [3.63, 3.8) is 0 Å². The molecule has 0 aliphatic heterocycles. The van der Waals surface area contributed by atoms with Crippen molar-refractivity contribution in [2.45, 2.75) is 39.5 Å². The number of benzene rings is 2. The molecule has 2 N–H and O–H groups in total. The first-order valence-electron chi connectivity index (χ1n) is 9.34. The predicted octanol–water partition coefficient (Wildman–Crippen LogP) is 4.52. The summed E-state index contributed by atoms with van der Waals surface area (Å²) < 4.78 is 1.04. The highest BCUT2D eigenvalue weighted by atomic mass is 32.1. The number of nitrogens with one attached hydrogen (secondary N) is 2. The number of carbonyl (C=O) groups is 2. The van der Waals surface area contributed by atoms with Crippen LogP contribution >= 0.6 is 11.3 Å². The van der Waals surface area contributed by atoms with Crippen LogP contribution in [0.15, 0.2) is 42.5 Å².